The molecule has 0 spiro atoms. The zero-order valence-electron chi connectivity index (χ0n) is 9.48. The van der Waals surface area contributed by atoms with Gasteiger partial charge in [-0.25, -0.2) is 4.98 Å². The van der Waals surface area contributed by atoms with Crippen LogP contribution in [0.25, 0.3) is 0 Å². The van der Waals surface area contributed by atoms with Crippen molar-refractivity contribution in [3.63, 3.8) is 0 Å². The number of nitrogens with one attached hydrogen (secondary N) is 1. The maximum absolute atomic E-state index is 12.1. The average Bonchev–Trinajstić information content (AvgIpc) is 2.31. The molecule has 1 saturated heterocycles. The van der Waals surface area contributed by atoms with E-state index in [0.717, 1.165) is 25.2 Å². The van der Waals surface area contributed by atoms with E-state index >= 15 is 0 Å². The van der Waals surface area contributed by atoms with Crippen molar-refractivity contribution in [2.24, 2.45) is 5.92 Å². The third kappa shape index (κ3) is 2.86. The summed E-state index contributed by atoms with van der Waals surface area (Å²) >= 11 is 0. The van der Waals surface area contributed by atoms with E-state index < -0.39 is 10.8 Å². The van der Waals surface area contributed by atoms with Crippen molar-refractivity contribution in [2.45, 2.75) is 24.8 Å². The quantitative estimate of drug-likeness (QED) is 0.851. The van der Waals surface area contributed by atoms with E-state index in [1.165, 1.54) is 6.42 Å². The largest absolute Gasteiger partial charge is 0.316 e. The fourth-order valence-electron chi connectivity index (χ4n) is 1.98. The maximum Gasteiger partial charge on any atom is 0.148 e. The van der Waals surface area contributed by atoms with Gasteiger partial charge in [-0.1, -0.05) is 0 Å². The molecular formula is C11H17N3OS. The molecule has 5 heteroatoms. The Kier molecular flexibility index (Phi) is 4.01. The van der Waals surface area contributed by atoms with Crippen LogP contribution < -0.4 is 5.32 Å². The molecular weight excluding hydrogens is 222 g/mol. The van der Waals surface area contributed by atoms with Crippen molar-refractivity contribution in [2.75, 3.05) is 18.8 Å². The summed E-state index contributed by atoms with van der Waals surface area (Å²) < 4.78 is 12.1. The zero-order valence-corrected chi connectivity index (χ0v) is 10.3. The lowest BCUT2D eigenvalue weighted by Crippen LogP contribution is -2.32. The van der Waals surface area contributed by atoms with E-state index in [1.54, 1.807) is 12.4 Å². The van der Waals surface area contributed by atoms with Gasteiger partial charge < -0.3 is 5.32 Å². The Morgan fingerprint density at radius 3 is 3.00 bits per heavy atom. The highest BCUT2D eigenvalue weighted by atomic mass is 32.2. The Bertz CT molecular complexity index is 377. The van der Waals surface area contributed by atoms with Crippen molar-refractivity contribution >= 4 is 10.8 Å². The second-order valence-electron chi connectivity index (χ2n) is 4.17. The van der Waals surface area contributed by atoms with Gasteiger partial charge in [0.1, 0.15) is 5.03 Å². The lowest BCUT2D eigenvalue weighted by molar-refractivity contribution is 0.407. The second-order valence-corrected chi connectivity index (χ2v) is 5.58. The second kappa shape index (κ2) is 5.50. The van der Waals surface area contributed by atoms with Gasteiger partial charge in [-0.05, 0) is 38.8 Å². The first-order valence-electron chi connectivity index (χ1n) is 5.64. The predicted octanol–water partition coefficient (Wildman–Crippen LogP) is 0.892. The zero-order chi connectivity index (χ0) is 11.4. The molecule has 1 aromatic rings. The highest BCUT2D eigenvalue weighted by Gasteiger charge is 2.18. The first kappa shape index (κ1) is 11.7. The van der Waals surface area contributed by atoms with Crippen molar-refractivity contribution < 1.29 is 4.21 Å². The fraction of sp³-hybridized carbons (Fsp3) is 0.636. The monoisotopic (exact) mass is 239 g/mol. The third-order valence-corrected chi connectivity index (χ3v) is 4.44. The van der Waals surface area contributed by atoms with Crippen LogP contribution in [0.1, 0.15) is 18.5 Å². The van der Waals surface area contributed by atoms with E-state index in [1.807, 2.05) is 6.92 Å². The summed E-state index contributed by atoms with van der Waals surface area (Å²) in [5.41, 5.74) is 0.782. The van der Waals surface area contributed by atoms with Gasteiger partial charge in [0.15, 0.2) is 0 Å². The molecule has 1 aromatic heterocycles. The summed E-state index contributed by atoms with van der Waals surface area (Å²) in [6, 6.07) is 0. The van der Waals surface area contributed by atoms with E-state index in [4.69, 9.17) is 0 Å². The summed E-state index contributed by atoms with van der Waals surface area (Å²) in [4.78, 5) is 8.28. The van der Waals surface area contributed by atoms with Crippen LogP contribution in [-0.4, -0.2) is 33.0 Å². The summed E-state index contributed by atoms with van der Waals surface area (Å²) in [5, 5.41) is 3.98. The van der Waals surface area contributed by atoms with Gasteiger partial charge in [0.25, 0.3) is 0 Å². The number of aromatic nitrogens is 2. The predicted molar refractivity (Wildman–Crippen MR) is 63.6 cm³/mol. The molecule has 0 saturated carbocycles. The van der Waals surface area contributed by atoms with Crippen LogP contribution in [0.3, 0.4) is 0 Å². The first-order chi connectivity index (χ1) is 7.77. The minimum Gasteiger partial charge on any atom is -0.316 e. The summed E-state index contributed by atoms with van der Waals surface area (Å²) in [6.07, 6.45) is 5.59. The highest BCUT2D eigenvalue weighted by Crippen LogP contribution is 2.15. The van der Waals surface area contributed by atoms with Gasteiger partial charge >= 0.3 is 0 Å². The Hall–Kier alpha value is -0.810. The van der Waals surface area contributed by atoms with Crippen LogP contribution in [0.15, 0.2) is 17.4 Å². The van der Waals surface area contributed by atoms with E-state index in [-0.39, 0.29) is 0 Å². The van der Waals surface area contributed by atoms with Crippen molar-refractivity contribution in [3.8, 4) is 0 Å². The molecule has 2 unspecified atom stereocenters. The lowest BCUT2D eigenvalue weighted by Gasteiger charge is -2.22. The van der Waals surface area contributed by atoms with Gasteiger partial charge in [-0.15, -0.1) is 0 Å². The number of hydrogen-bond acceptors (Lipinski definition) is 4. The molecule has 2 atom stereocenters. The standard InChI is InChI=1S/C11H17N3OS/c1-9-11(14-6-5-13-9)16(15)8-10-3-2-4-12-7-10/h5-6,10,12H,2-4,7-8H2,1H3. The van der Waals surface area contributed by atoms with Crippen molar-refractivity contribution in [1.82, 2.24) is 15.3 Å². The first-order valence-corrected chi connectivity index (χ1v) is 6.96. The minimum absolute atomic E-state index is 0.510. The molecule has 88 valence electrons. The Balaban J connectivity index is 2.00. The third-order valence-electron chi connectivity index (χ3n) is 2.84. The molecule has 1 aliphatic heterocycles. The fourth-order valence-corrected chi connectivity index (χ4v) is 3.41. The summed E-state index contributed by atoms with van der Waals surface area (Å²) in [6.45, 7) is 3.93. The highest BCUT2D eigenvalue weighted by molar-refractivity contribution is 7.85. The summed E-state index contributed by atoms with van der Waals surface area (Å²) in [5.74, 6) is 1.21. The number of aryl methyl sites for hydroxylation is 1. The van der Waals surface area contributed by atoms with Gasteiger partial charge in [-0.2, -0.15) is 0 Å². The molecule has 4 nitrogen and oxygen atoms in total. The van der Waals surface area contributed by atoms with Gasteiger partial charge in [0, 0.05) is 18.1 Å². The molecule has 1 fully saturated rings. The van der Waals surface area contributed by atoms with Crippen LogP contribution in [0.2, 0.25) is 0 Å². The van der Waals surface area contributed by atoms with Crippen LogP contribution in [0, 0.1) is 12.8 Å². The lowest BCUT2D eigenvalue weighted by atomic mass is 10.0. The van der Waals surface area contributed by atoms with Crippen molar-refractivity contribution in [1.29, 1.82) is 0 Å². The van der Waals surface area contributed by atoms with E-state index in [0.29, 0.717) is 16.7 Å². The van der Waals surface area contributed by atoms with Gasteiger partial charge in [0.05, 0.1) is 16.5 Å². The molecule has 2 heterocycles. The molecule has 16 heavy (non-hydrogen) atoms. The number of nitrogens with zero attached hydrogens (tertiary/aromatic N) is 2. The molecule has 1 N–H and O–H groups in total. The SMILES string of the molecule is Cc1nccnc1S(=O)CC1CCCNC1. The molecule has 0 aliphatic carbocycles. The van der Waals surface area contributed by atoms with E-state index in [9.17, 15) is 4.21 Å². The minimum atomic E-state index is -1.01. The van der Waals surface area contributed by atoms with Crippen LogP contribution in [0.5, 0.6) is 0 Å². The Labute approximate surface area is 98.3 Å². The van der Waals surface area contributed by atoms with Crippen LogP contribution >= 0.6 is 0 Å². The van der Waals surface area contributed by atoms with Gasteiger partial charge in [-0.3, -0.25) is 9.19 Å². The molecule has 2 rings (SSSR count). The average molecular weight is 239 g/mol. The van der Waals surface area contributed by atoms with Crippen molar-refractivity contribution in [3.05, 3.63) is 18.1 Å². The molecule has 0 aromatic carbocycles. The van der Waals surface area contributed by atoms with Crippen LogP contribution in [-0.2, 0) is 10.8 Å². The number of rotatable bonds is 3. The molecule has 1 aliphatic rings. The van der Waals surface area contributed by atoms with Crippen LogP contribution in [0.4, 0.5) is 0 Å². The number of piperidine rings is 1. The number of hydrogen-bond donors (Lipinski definition) is 1. The smallest absolute Gasteiger partial charge is 0.148 e. The molecule has 0 bridgehead atoms. The summed E-state index contributed by atoms with van der Waals surface area (Å²) in [7, 11) is -1.01. The molecule has 0 amide bonds. The Morgan fingerprint density at radius 1 is 1.50 bits per heavy atom. The van der Waals surface area contributed by atoms with E-state index in [2.05, 4.69) is 15.3 Å². The maximum atomic E-state index is 12.1. The molecule has 0 radical (unpaired) electrons. The normalized spacial score (nSPS) is 22.9. The Morgan fingerprint density at radius 2 is 2.31 bits per heavy atom. The van der Waals surface area contributed by atoms with Gasteiger partial charge in [0.2, 0.25) is 0 Å². The topological polar surface area (TPSA) is 54.9 Å².